The number of nitrogens with one attached hydrogen (secondary N) is 1. The summed E-state index contributed by atoms with van der Waals surface area (Å²) in [7, 11) is 2.98. The van der Waals surface area contributed by atoms with E-state index < -0.39 is 11.2 Å². The summed E-state index contributed by atoms with van der Waals surface area (Å²) in [5.74, 6) is -0.293. The van der Waals surface area contributed by atoms with E-state index in [4.69, 9.17) is 4.98 Å². The lowest BCUT2D eigenvalue weighted by atomic mass is 10.00. The lowest BCUT2D eigenvalue weighted by Gasteiger charge is -2.13. The van der Waals surface area contributed by atoms with E-state index in [0.29, 0.717) is 17.7 Å². The van der Waals surface area contributed by atoms with Crippen LogP contribution < -0.4 is 16.6 Å². The summed E-state index contributed by atoms with van der Waals surface area (Å²) < 4.78 is 2.34. The fraction of sp³-hybridized carbons (Fsp3) is 0.138. The van der Waals surface area contributed by atoms with Gasteiger partial charge in [-0.2, -0.15) is 0 Å². The van der Waals surface area contributed by atoms with Gasteiger partial charge in [-0.15, -0.1) is 0 Å². The number of hydrogen-bond acceptors (Lipinski definition) is 5. The zero-order valence-electron chi connectivity index (χ0n) is 20.4. The van der Waals surface area contributed by atoms with Gasteiger partial charge in [0.25, 0.3) is 11.5 Å². The van der Waals surface area contributed by atoms with Gasteiger partial charge in [0, 0.05) is 19.5 Å². The van der Waals surface area contributed by atoms with Gasteiger partial charge in [-0.05, 0) is 47.8 Å². The number of benzene rings is 2. The maximum Gasteiger partial charge on any atom is 0.332 e. The standard InChI is InChI=1S/C29H23N5O3/c1-33-26-22(28(36)34(2)29(33)37)15-19(16-30-26)31-27(35)24-20-10-6-7-11-23(20)32-25-18(12-13-21(24)25)14-17-8-4-3-5-9-17/h3-11,14-16H,12-13H2,1-2H3,(H,31,35)/b18-14-. The Bertz CT molecular complexity index is 1880. The number of allylic oxidation sites excluding steroid dienone is 1. The fourth-order valence-corrected chi connectivity index (χ4v) is 5.02. The lowest BCUT2D eigenvalue weighted by molar-refractivity contribution is 0.102. The lowest BCUT2D eigenvalue weighted by Crippen LogP contribution is -2.37. The molecule has 0 unspecified atom stereocenters. The smallest absolute Gasteiger partial charge is 0.321 e. The van der Waals surface area contributed by atoms with Crippen molar-refractivity contribution >= 4 is 45.2 Å². The third-order valence-electron chi connectivity index (χ3n) is 6.86. The molecule has 1 amide bonds. The average molecular weight is 490 g/mol. The molecule has 182 valence electrons. The zero-order valence-corrected chi connectivity index (χ0v) is 20.4. The molecule has 0 bridgehead atoms. The topological polar surface area (TPSA) is 98.9 Å². The molecular formula is C29H23N5O3. The van der Waals surface area contributed by atoms with E-state index in [9.17, 15) is 14.4 Å². The molecule has 1 aliphatic carbocycles. The molecule has 3 heterocycles. The highest BCUT2D eigenvalue weighted by molar-refractivity contribution is 6.15. The molecule has 0 spiro atoms. The molecule has 8 nitrogen and oxygen atoms in total. The monoisotopic (exact) mass is 489 g/mol. The summed E-state index contributed by atoms with van der Waals surface area (Å²) in [4.78, 5) is 47.9. The summed E-state index contributed by atoms with van der Waals surface area (Å²) in [5.41, 5.74) is 4.96. The predicted molar refractivity (Wildman–Crippen MR) is 145 cm³/mol. The molecule has 3 aromatic heterocycles. The second kappa shape index (κ2) is 8.67. The van der Waals surface area contributed by atoms with Gasteiger partial charge in [-0.1, -0.05) is 48.5 Å². The summed E-state index contributed by atoms with van der Waals surface area (Å²) in [6, 6.07) is 19.3. The van der Waals surface area contributed by atoms with Crippen LogP contribution in [-0.2, 0) is 20.5 Å². The van der Waals surface area contributed by atoms with E-state index in [0.717, 1.165) is 44.3 Å². The van der Waals surface area contributed by atoms with Crippen molar-refractivity contribution in [3.8, 4) is 0 Å². The van der Waals surface area contributed by atoms with Crippen molar-refractivity contribution in [1.82, 2.24) is 19.1 Å². The Kier molecular flexibility index (Phi) is 5.30. The highest BCUT2D eigenvalue weighted by Crippen LogP contribution is 2.37. The van der Waals surface area contributed by atoms with Crippen molar-refractivity contribution in [2.75, 3.05) is 5.32 Å². The third-order valence-corrected chi connectivity index (χ3v) is 6.86. The van der Waals surface area contributed by atoms with Crippen LogP contribution in [0.5, 0.6) is 0 Å². The van der Waals surface area contributed by atoms with Crippen LogP contribution in [0.2, 0.25) is 0 Å². The number of aryl methyl sites for hydroxylation is 1. The molecular weight excluding hydrogens is 466 g/mol. The highest BCUT2D eigenvalue weighted by atomic mass is 16.2. The van der Waals surface area contributed by atoms with E-state index in [1.54, 1.807) is 13.1 Å². The molecule has 0 fully saturated rings. The van der Waals surface area contributed by atoms with Gasteiger partial charge in [0.2, 0.25) is 0 Å². The van der Waals surface area contributed by atoms with Gasteiger partial charge in [0.15, 0.2) is 0 Å². The zero-order chi connectivity index (χ0) is 25.7. The summed E-state index contributed by atoms with van der Waals surface area (Å²) >= 11 is 0. The Morgan fingerprint density at radius 2 is 1.70 bits per heavy atom. The molecule has 0 saturated heterocycles. The molecule has 2 aromatic carbocycles. The first-order chi connectivity index (χ1) is 17.9. The molecule has 37 heavy (non-hydrogen) atoms. The first-order valence-electron chi connectivity index (χ1n) is 12.0. The predicted octanol–water partition coefficient (Wildman–Crippen LogP) is 3.92. The van der Waals surface area contributed by atoms with Crippen molar-refractivity contribution < 1.29 is 4.79 Å². The molecule has 6 rings (SSSR count). The molecule has 8 heteroatoms. The Hall–Kier alpha value is -4.85. The molecule has 1 N–H and O–H groups in total. The van der Waals surface area contributed by atoms with Crippen LogP contribution >= 0.6 is 0 Å². The Morgan fingerprint density at radius 3 is 2.51 bits per heavy atom. The minimum Gasteiger partial charge on any atom is -0.321 e. The SMILES string of the molecule is Cn1c(=O)c2cc(NC(=O)c3c4c(nc5ccccc35)/C(=C\c3ccccc3)CC4)cnc2n(C)c1=O. The number of para-hydroxylation sites is 1. The summed E-state index contributed by atoms with van der Waals surface area (Å²) in [6.45, 7) is 0. The van der Waals surface area contributed by atoms with Gasteiger partial charge in [-0.3, -0.25) is 18.7 Å². The second-order valence-corrected chi connectivity index (χ2v) is 9.17. The van der Waals surface area contributed by atoms with Crippen molar-refractivity contribution in [3.05, 3.63) is 110 Å². The van der Waals surface area contributed by atoms with Crippen molar-refractivity contribution in [1.29, 1.82) is 0 Å². The Morgan fingerprint density at radius 1 is 0.946 bits per heavy atom. The van der Waals surface area contributed by atoms with Crippen LogP contribution in [0.4, 0.5) is 5.69 Å². The summed E-state index contributed by atoms with van der Waals surface area (Å²) in [6.07, 6.45) is 5.08. The van der Waals surface area contributed by atoms with Gasteiger partial charge >= 0.3 is 5.69 Å². The van der Waals surface area contributed by atoms with E-state index in [1.807, 2.05) is 54.6 Å². The van der Waals surface area contributed by atoms with Crippen LogP contribution in [0.25, 0.3) is 33.6 Å². The minimum absolute atomic E-state index is 0.250. The number of pyridine rings is 2. The first kappa shape index (κ1) is 22.6. The second-order valence-electron chi connectivity index (χ2n) is 9.17. The van der Waals surface area contributed by atoms with Crippen molar-refractivity contribution in [3.63, 3.8) is 0 Å². The molecule has 1 aliphatic rings. The maximum atomic E-state index is 13.7. The van der Waals surface area contributed by atoms with Crippen molar-refractivity contribution in [2.24, 2.45) is 14.1 Å². The van der Waals surface area contributed by atoms with Crippen LogP contribution in [-0.4, -0.2) is 25.0 Å². The van der Waals surface area contributed by atoms with E-state index in [-0.39, 0.29) is 16.9 Å². The number of carbonyl (C=O) groups is 1. The van der Waals surface area contributed by atoms with Crippen LogP contribution in [0.3, 0.4) is 0 Å². The van der Waals surface area contributed by atoms with E-state index >= 15 is 0 Å². The summed E-state index contributed by atoms with van der Waals surface area (Å²) in [5, 5.41) is 3.95. The minimum atomic E-state index is -0.465. The van der Waals surface area contributed by atoms with Gasteiger partial charge in [0.1, 0.15) is 5.65 Å². The molecule has 0 radical (unpaired) electrons. The fourth-order valence-electron chi connectivity index (χ4n) is 5.02. The normalized spacial score (nSPS) is 13.8. The molecule has 5 aromatic rings. The number of carbonyl (C=O) groups excluding carboxylic acids is 1. The van der Waals surface area contributed by atoms with E-state index in [1.165, 1.54) is 17.8 Å². The number of rotatable bonds is 3. The molecule has 0 saturated carbocycles. The number of amides is 1. The van der Waals surface area contributed by atoms with Gasteiger partial charge in [-0.25, -0.2) is 14.8 Å². The van der Waals surface area contributed by atoms with Gasteiger partial charge in [0.05, 0.1) is 34.0 Å². The average Bonchev–Trinajstić information content (AvgIpc) is 3.31. The maximum absolute atomic E-state index is 13.7. The third kappa shape index (κ3) is 3.74. The first-order valence-corrected chi connectivity index (χ1v) is 12.0. The molecule has 0 aliphatic heterocycles. The Labute approximate surface area is 211 Å². The number of nitrogens with zero attached hydrogens (tertiary/aromatic N) is 4. The van der Waals surface area contributed by atoms with Crippen LogP contribution in [0.15, 0.2) is 76.4 Å². The quantitative estimate of drug-likeness (QED) is 0.414. The molecule has 0 atom stereocenters. The van der Waals surface area contributed by atoms with E-state index in [2.05, 4.69) is 16.4 Å². The number of aromatic nitrogens is 4. The van der Waals surface area contributed by atoms with Crippen LogP contribution in [0.1, 0.15) is 33.6 Å². The number of hydrogen-bond donors (Lipinski definition) is 1. The Balaban J connectivity index is 1.46. The van der Waals surface area contributed by atoms with Crippen LogP contribution in [0, 0.1) is 0 Å². The number of anilines is 1. The largest absolute Gasteiger partial charge is 0.332 e. The van der Waals surface area contributed by atoms with Gasteiger partial charge < -0.3 is 5.32 Å². The number of fused-ring (bicyclic) bond motifs is 3. The van der Waals surface area contributed by atoms with Crippen molar-refractivity contribution in [2.45, 2.75) is 12.8 Å². The highest BCUT2D eigenvalue weighted by Gasteiger charge is 2.27.